The molecule has 0 aliphatic heterocycles. The van der Waals surface area contributed by atoms with Crippen LogP contribution in [0.1, 0.15) is 25.8 Å². The Kier molecular flexibility index (Phi) is 4.17. The van der Waals surface area contributed by atoms with E-state index in [-0.39, 0.29) is 0 Å². The van der Waals surface area contributed by atoms with Crippen molar-refractivity contribution in [1.29, 1.82) is 0 Å². The molecule has 0 aromatic heterocycles. The Labute approximate surface area is 85.6 Å². The highest BCUT2D eigenvalue weighted by molar-refractivity contribution is 5.83. The van der Waals surface area contributed by atoms with E-state index in [4.69, 9.17) is 4.74 Å². The molecule has 1 rings (SSSR count). The highest BCUT2D eigenvalue weighted by Crippen LogP contribution is 2.15. The Hall–Kier alpha value is -1.31. The molecule has 76 valence electrons. The van der Waals surface area contributed by atoms with E-state index < -0.39 is 0 Å². The zero-order chi connectivity index (χ0) is 10.4. The van der Waals surface area contributed by atoms with Crippen molar-refractivity contribution >= 4 is 6.21 Å². The fourth-order valence-electron chi connectivity index (χ4n) is 1.09. The van der Waals surface area contributed by atoms with Gasteiger partial charge >= 0.3 is 0 Å². The molecule has 0 amide bonds. The number of methoxy groups -OCH3 is 1. The van der Waals surface area contributed by atoms with Gasteiger partial charge in [0.05, 0.1) is 7.11 Å². The molecule has 0 radical (unpaired) electrons. The van der Waals surface area contributed by atoms with Crippen molar-refractivity contribution in [3.05, 3.63) is 29.8 Å². The smallest absolute Gasteiger partial charge is 0.127 e. The van der Waals surface area contributed by atoms with Crippen molar-refractivity contribution in [3.8, 4) is 5.75 Å². The maximum Gasteiger partial charge on any atom is 0.127 e. The van der Waals surface area contributed by atoms with Gasteiger partial charge in [0, 0.05) is 17.8 Å². The number of hydrogen-bond donors (Lipinski definition) is 0. The molecule has 1 aromatic carbocycles. The third kappa shape index (κ3) is 2.87. The molecule has 0 saturated heterocycles. The van der Waals surface area contributed by atoms with Crippen molar-refractivity contribution in [2.24, 2.45) is 4.99 Å². The molecule has 1 atom stereocenters. The monoisotopic (exact) mass is 191 g/mol. The first-order valence-electron chi connectivity index (χ1n) is 4.94. The predicted octanol–water partition coefficient (Wildman–Crippen LogP) is 2.91. The summed E-state index contributed by atoms with van der Waals surface area (Å²) in [5.41, 5.74) is 1.04. The average Bonchev–Trinajstić information content (AvgIpc) is 2.26. The molecule has 0 aliphatic carbocycles. The molecule has 0 aliphatic rings. The lowest BCUT2D eigenvalue weighted by Crippen LogP contribution is -1.96. The van der Waals surface area contributed by atoms with Gasteiger partial charge in [0.25, 0.3) is 0 Å². The van der Waals surface area contributed by atoms with Crippen molar-refractivity contribution in [3.63, 3.8) is 0 Å². The zero-order valence-electron chi connectivity index (χ0n) is 9.03. The van der Waals surface area contributed by atoms with Gasteiger partial charge in [0.1, 0.15) is 5.75 Å². The maximum absolute atomic E-state index is 5.22. The second-order valence-electron chi connectivity index (χ2n) is 3.28. The first kappa shape index (κ1) is 10.8. The molecule has 0 bridgehead atoms. The maximum atomic E-state index is 5.22. The summed E-state index contributed by atoms with van der Waals surface area (Å²) in [6.45, 7) is 4.23. The van der Waals surface area contributed by atoms with Crippen LogP contribution in [0.4, 0.5) is 0 Å². The van der Waals surface area contributed by atoms with Crippen LogP contribution in [0.5, 0.6) is 5.75 Å². The summed E-state index contributed by atoms with van der Waals surface area (Å²) in [4.78, 5) is 4.42. The van der Waals surface area contributed by atoms with Crippen LogP contribution in [0.25, 0.3) is 0 Å². The van der Waals surface area contributed by atoms with Gasteiger partial charge in [-0.15, -0.1) is 0 Å². The molecule has 0 unspecified atom stereocenters. The summed E-state index contributed by atoms with van der Waals surface area (Å²) in [6.07, 6.45) is 2.94. The van der Waals surface area contributed by atoms with Gasteiger partial charge in [-0.25, -0.2) is 0 Å². The van der Waals surface area contributed by atoms with Gasteiger partial charge in [-0.1, -0.05) is 19.1 Å². The minimum absolute atomic E-state index is 0.375. The number of hydrogen-bond acceptors (Lipinski definition) is 2. The minimum atomic E-state index is 0.375. The van der Waals surface area contributed by atoms with E-state index in [9.17, 15) is 0 Å². The third-order valence-corrected chi connectivity index (χ3v) is 2.20. The summed E-state index contributed by atoms with van der Waals surface area (Å²) in [7, 11) is 1.68. The lowest BCUT2D eigenvalue weighted by atomic mass is 10.2. The molecule has 1 aromatic rings. The van der Waals surface area contributed by atoms with Crippen molar-refractivity contribution in [1.82, 2.24) is 0 Å². The molecule has 0 N–H and O–H groups in total. The number of nitrogens with zero attached hydrogens (tertiary/aromatic N) is 1. The normalized spacial score (nSPS) is 13.1. The Bertz CT molecular complexity index is 307. The highest BCUT2D eigenvalue weighted by Gasteiger charge is 1.98. The topological polar surface area (TPSA) is 21.6 Å². The Balaban J connectivity index is 2.80. The summed E-state index contributed by atoms with van der Waals surface area (Å²) in [5, 5.41) is 0. The van der Waals surface area contributed by atoms with Crippen LogP contribution < -0.4 is 4.74 Å². The van der Waals surface area contributed by atoms with Crippen LogP contribution in [0.2, 0.25) is 0 Å². The van der Waals surface area contributed by atoms with Gasteiger partial charge in [0.2, 0.25) is 0 Å². The number of rotatable bonds is 4. The third-order valence-electron chi connectivity index (χ3n) is 2.20. The molecule has 2 heteroatoms. The fraction of sp³-hybridized carbons (Fsp3) is 0.417. The van der Waals surface area contributed by atoms with Crippen LogP contribution in [0.15, 0.2) is 29.3 Å². The second kappa shape index (κ2) is 5.43. The summed E-state index contributed by atoms with van der Waals surface area (Å²) < 4.78 is 5.22. The van der Waals surface area contributed by atoms with Gasteiger partial charge in [-0.3, -0.25) is 4.99 Å². The van der Waals surface area contributed by atoms with E-state index in [1.54, 1.807) is 7.11 Å². The summed E-state index contributed by atoms with van der Waals surface area (Å²) in [5.74, 6) is 0.875. The number of aliphatic imine (C=N–C) groups is 1. The van der Waals surface area contributed by atoms with Gasteiger partial charge in [-0.2, -0.15) is 0 Å². The number of benzene rings is 1. The lowest BCUT2D eigenvalue weighted by Gasteiger charge is -2.04. The Morgan fingerprint density at radius 1 is 1.43 bits per heavy atom. The molecule has 14 heavy (non-hydrogen) atoms. The predicted molar refractivity (Wildman–Crippen MR) is 60.3 cm³/mol. The fourth-order valence-corrected chi connectivity index (χ4v) is 1.09. The number of ether oxygens (including phenoxy) is 1. The lowest BCUT2D eigenvalue weighted by molar-refractivity contribution is 0.414. The van der Waals surface area contributed by atoms with Crippen molar-refractivity contribution in [2.75, 3.05) is 7.11 Å². The highest BCUT2D eigenvalue weighted by atomic mass is 16.5. The van der Waals surface area contributed by atoms with Crippen LogP contribution >= 0.6 is 0 Å². The van der Waals surface area contributed by atoms with Gasteiger partial charge < -0.3 is 4.74 Å². The second-order valence-corrected chi connectivity index (χ2v) is 3.28. The van der Waals surface area contributed by atoms with E-state index in [1.165, 1.54) is 0 Å². The summed E-state index contributed by atoms with van der Waals surface area (Å²) >= 11 is 0. The van der Waals surface area contributed by atoms with Crippen LogP contribution in [-0.2, 0) is 0 Å². The molecule has 0 spiro atoms. The quantitative estimate of drug-likeness (QED) is 0.670. The molecule has 0 saturated carbocycles. The molecular formula is C12H17NO. The first-order valence-corrected chi connectivity index (χ1v) is 4.94. The van der Waals surface area contributed by atoms with Gasteiger partial charge in [0.15, 0.2) is 0 Å². The average molecular weight is 191 g/mol. The van der Waals surface area contributed by atoms with E-state index in [1.807, 2.05) is 30.5 Å². The standard InChI is InChI=1S/C12H17NO/c1-4-10(2)13-9-11-7-5-6-8-12(11)14-3/h5-10H,4H2,1-3H3/t10-/m1/s1. The van der Waals surface area contributed by atoms with Gasteiger partial charge in [-0.05, 0) is 25.5 Å². The Morgan fingerprint density at radius 3 is 2.79 bits per heavy atom. The van der Waals surface area contributed by atoms with Crippen molar-refractivity contribution < 1.29 is 4.74 Å². The zero-order valence-corrected chi connectivity index (χ0v) is 9.03. The minimum Gasteiger partial charge on any atom is -0.496 e. The Morgan fingerprint density at radius 2 is 2.14 bits per heavy atom. The molecule has 0 fully saturated rings. The molecule has 0 heterocycles. The van der Waals surface area contributed by atoms with E-state index in [0.29, 0.717) is 6.04 Å². The summed E-state index contributed by atoms with van der Waals surface area (Å²) in [6, 6.07) is 8.27. The SMILES string of the molecule is CC[C@@H](C)N=Cc1ccccc1OC. The van der Waals surface area contributed by atoms with Crippen LogP contribution in [0, 0.1) is 0 Å². The van der Waals surface area contributed by atoms with Crippen LogP contribution in [0.3, 0.4) is 0 Å². The van der Waals surface area contributed by atoms with E-state index in [0.717, 1.165) is 17.7 Å². The number of para-hydroxylation sites is 1. The molecular weight excluding hydrogens is 174 g/mol. The first-order chi connectivity index (χ1) is 6.77. The molecule has 2 nitrogen and oxygen atoms in total. The van der Waals surface area contributed by atoms with E-state index >= 15 is 0 Å². The van der Waals surface area contributed by atoms with Crippen LogP contribution in [-0.4, -0.2) is 19.4 Å². The largest absolute Gasteiger partial charge is 0.496 e. The van der Waals surface area contributed by atoms with E-state index in [2.05, 4.69) is 18.8 Å². The van der Waals surface area contributed by atoms with Crippen molar-refractivity contribution in [2.45, 2.75) is 26.3 Å².